The van der Waals surface area contributed by atoms with Gasteiger partial charge < -0.3 is 14.4 Å². The lowest BCUT2D eigenvalue weighted by atomic mass is 9.89. The number of ether oxygens (including phenoxy) is 2. The molecule has 6 nitrogen and oxygen atoms in total. The summed E-state index contributed by atoms with van der Waals surface area (Å²) in [5.74, 6) is 0.475. The fourth-order valence-corrected chi connectivity index (χ4v) is 3.99. The van der Waals surface area contributed by atoms with Crippen LogP contribution in [0.25, 0.3) is 0 Å². The molecule has 2 aliphatic heterocycles. The molecule has 2 aliphatic rings. The molecule has 0 saturated carbocycles. The van der Waals surface area contributed by atoms with E-state index in [1.165, 1.54) is 5.56 Å². The van der Waals surface area contributed by atoms with Gasteiger partial charge in [0, 0.05) is 58.2 Å². The van der Waals surface area contributed by atoms with E-state index in [4.69, 9.17) is 9.47 Å². The molecule has 0 radical (unpaired) electrons. The zero-order valence-corrected chi connectivity index (χ0v) is 14.6. The number of piperidine rings is 1. The number of aromatic nitrogens is 1. The lowest BCUT2D eigenvalue weighted by molar-refractivity contribution is -0.143. The minimum Gasteiger partial charge on any atom is -0.381 e. The Morgan fingerprint density at radius 1 is 1.33 bits per heavy atom. The minimum absolute atomic E-state index is 0.104. The van der Waals surface area contributed by atoms with Crippen LogP contribution in [0.1, 0.15) is 18.9 Å². The Balaban J connectivity index is 1.68. The molecule has 0 aliphatic carbocycles. The summed E-state index contributed by atoms with van der Waals surface area (Å²) in [5, 5.41) is 0. The number of carbonyl (C=O) groups is 1. The van der Waals surface area contributed by atoms with E-state index in [9.17, 15) is 4.79 Å². The quantitative estimate of drug-likeness (QED) is 0.782. The molecule has 3 heterocycles. The zero-order valence-electron chi connectivity index (χ0n) is 14.6. The number of rotatable bonds is 6. The predicted molar refractivity (Wildman–Crippen MR) is 90.4 cm³/mol. The third kappa shape index (κ3) is 3.77. The van der Waals surface area contributed by atoms with Crippen LogP contribution in [0.3, 0.4) is 0 Å². The molecule has 3 rings (SSSR count). The van der Waals surface area contributed by atoms with Gasteiger partial charge in [-0.15, -0.1) is 0 Å². The van der Waals surface area contributed by atoms with E-state index in [0.717, 1.165) is 32.6 Å². The fraction of sp³-hybridized carbons (Fsp3) is 0.667. The van der Waals surface area contributed by atoms with Crippen molar-refractivity contribution in [2.24, 2.45) is 5.92 Å². The first-order valence-corrected chi connectivity index (χ1v) is 8.74. The van der Waals surface area contributed by atoms with Gasteiger partial charge in [0.05, 0.1) is 12.1 Å². The van der Waals surface area contributed by atoms with Crippen LogP contribution in [0.4, 0.5) is 0 Å². The van der Waals surface area contributed by atoms with Gasteiger partial charge >= 0.3 is 0 Å². The maximum Gasteiger partial charge on any atom is 0.248 e. The summed E-state index contributed by atoms with van der Waals surface area (Å²) >= 11 is 0. The van der Waals surface area contributed by atoms with Crippen LogP contribution in [0.5, 0.6) is 0 Å². The van der Waals surface area contributed by atoms with E-state index < -0.39 is 0 Å². The lowest BCUT2D eigenvalue weighted by Gasteiger charge is -2.41. The van der Waals surface area contributed by atoms with Crippen molar-refractivity contribution in [3.05, 3.63) is 30.1 Å². The molecule has 1 amide bonds. The van der Waals surface area contributed by atoms with E-state index in [-0.39, 0.29) is 24.7 Å². The largest absolute Gasteiger partial charge is 0.381 e. The predicted octanol–water partition coefficient (Wildman–Crippen LogP) is 1.17. The van der Waals surface area contributed by atoms with Crippen LogP contribution >= 0.6 is 0 Å². The summed E-state index contributed by atoms with van der Waals surface area (Å²) in [6.45, 7) is 6.17. The molecule has 1 aromatic heterocycles. The van der Waals surface area contributed by atoms with Gasteiger partial charge in [0.25, 0.3) is 0 Å². The number of hydrogen-bond donors (Lipinski definition) is 0. The summed E-state index contributed by atoms with van der Waals surface area (Å²) in [6.07, 6.45) is 4.79. The van der Waals surface area contributed by atoms with Crippen LogP contribution < -0.4 is 0 Å². The Bertz CT molecular complexity index is 540. The van der Waals surface area contributed by atoms with Crippen molar-refractivity contribution in [1.82, 2.24) is 14.8 Å². The van der Waals surface area contributed by atoms with Gasteiger partial charge in [-0.05, 0) is 31.0 Å². The molecule has 3 atom stereocenters. The van der Waals surface area contributed by atoms with Crippen molar-refractivity contribution in [3.63, 3.8) is 0 Å². The van der Waals surface area contributed by atoms with Crippen molar-refractivity contribution in [3.8, 4) is 0 Å². The van der Waals surface area contributed by atoms with E-state index in [0.29, 0.717) is 12.5 Å². The van der Waals surface area contributed by atoms with E-state index in [1.807, 2.05) is 36.4 Å². The number of likely N-dealkylation sites (tertiary alicyclic amines) is 2. The Morgan fingerprint density at radius 3 is 2.83 bits per heavy atom. The number of pyridine rings is 1. The SMILES string of the molecule is CCOCC(=O)N1CC[C@H](OC)[C@H]2CN(Cc3ccncc3)C[C@H]21. The topological polar surface area (TPSA) is 54.9 Å². The second kappa shape index (κ2) is 8.05. The van der Waals surface area contributed by atoms with Crippen molar-refractivity contribution in [2.75, 3.05) is 40.0 Å². The highest BCUT2D eigenvalue weighted by molar-refractivity contribution is 5.78. The molecule has 0 spiro atoms. The highest BCUT2D eigenvalue weighted by atomic mass is 16.5. The first-order chi connectivity index (χ1) is 11.7. The molecule has 0 unspecified atom stereocenters. The van der Waals surface area contributed by atoms with E-state index >= 15 is 0 Å². The summed E-state index contributed by atoms with van der Waals surface area (Å²) in [5.41, 5.74) is 1.25. The summed E-state index contributed by atoms with van der Waals surface area (Å²) in [7, 11) is 1.78. The maximum absolute atomic E-state index is 12.5. The van der Waals surface area contributed by atoms with Gasteiger partial charge in [0.2, 0.25) is 5.91 Å². The smallest absolute Gasteiger partial charge is 0.248 e. The molecule has 6 heteroatoms. The first-order valence-electron chi connectivity index (χ1n) is 8.74. The third-order valence-electron chi connectivity index (χ3n) is 5.15. The molecule has 0 aromatic carbocycles. The number of carbonyl (C=O) groups excluding carboxylic acids is 1. The lowest BCUT2D eigenvalue weighted by Crippen LogP contribution is -2.54. The van der Waals surface area contributed by atoms with E-state index in [1.54, 1.807) is 7.11 Å². The molecular formula is C18H27N3O3. The van der Waals surface area contributed by atoms with Crippen LogP contribution in [-0.4, -0.2) is 72.8 Å². The number of fused-ring (bicyclic) bond motifs is 1. The number of amides is 1. The van der Waals surface area contributed by atoms with Crippen LogP contribution in [0.15, 0.2) is 24.5 Å². The van der Waals surface area contributed by atoms with Crippen molar-refractivity contribution in [2.45, 2.75) is 32.0 Å². The minimum atomic E-state index is 0.104. The number of methoxy groups -OCH3 is 1. The van der Waals surface area contributed by atoms with Crippen LogP contribution in [0.2, 0.25) is 0 Å². The van der Waals surface area contributed by atoms with Crippen molar-refractivity contribution in [1.29, 1.82) is 0 Å². The van der Waals surface area contributed by atoms with Gasteiger partial charge in [-0.1, -0.05) is 0 Å². The molecule has 24 heavy (non-hydrogen) atoms. The van der Waals surface area contributed by atoms with Gasteiger partial charge in [0.1, 0.15) is 6.61 Å². The third-order valence-corrected chi connectivity index (χ3v) is 5.15. The van der Waals surface area contributed by atoms with Crippen molar-refractivity contribution >= 4 is 5.91 Å². The Morgan fingerprint density at radius 2 is 2.12 bits per heavy atom. The molecule has 0 N–H and O–H groups in total. The summed E-state index contributed by atoms with van der Waals surface area (Å²) in [6, 6.07) is 4.32. The van der Waals surface area contributed by atoms with Gasteiger partial charge in [-0.25, -0.2) is 0 Å². The van der Waals surface area contributed by atoms with Crippen LogP contribution in [0, 0.1) is 5.92 Å². The monoisotopic (exact) mass is 333 g/mol. The summed E-state index contributed by atoms with van der Waals surface area (Å²) in [4.78, 5) is 21.0. The van der Waals surface area contributed by atoms with E-state index in [2.05, 4.69) is 9.88 Å². The van der Waals surface area contributed by atoms with Gasteiger partial charge in [-0.3, -0.25) is 14.7 Å². The maximum atomic E-state index is 12.5. The van der Waals surface area contributed by atoms with Gasteiger partial charge in [0.15, 0.2) is 0 Å². The standard InChI is InChI=1S/C18H27N3O3/c1-3-24-13-18(22)21-9-6-17(23-2)15-11-20(12-16(15)21)10-14-4-7-19-8-5-14/h4-5,7-8,15-17H,3,6,9-13H2,1-2H3/t15-,16+,17-/m0/s1. The Labute approximate surface area is 143 Å². The van der Waals surface area contributed by atoms with Gasteiger partial charge in [-0.2, -0.15) is 0 Å². The summed E-state index contributed by atoms with van der Waals surface area (Å²) < 4.78 is 11.0. The Hall–Kier alpha value is -1.50. The molecule has 0 bridgehead atoms. The molecule has 132 valence electrons. The van der Waals surface area contributed by atoms with Crippen LogP contribution in [-0.2, 0) is 20.8 Å². The molecule has 2 saturated heterocycles. The number of nitrogens with zero attached hydrogens (tertiary/aromatic N) is 3. The molecule has 2 fully saturated rings. The second-order valence-electron chi connectivity index (χ2n) is 6.57. The number of hydrogen-bond acceptors (Lipinski definition) is 5. The molecule has 1 aromatic rings. The average Bonchev–Trinajstić information content (AvgIpc) is 3.03. The average molecular weight is 333 g/mol. The zero-order chi connectivity index (χ0) is 16.9. The highest BCUT2D eigenvalue weighted by Gasteiger charge is 2.45. The fourth-order valence-electron chi connectivity index (χ4n) is 3.99. The first kappa shape index (κ1) is 17.3. The molecular weight excluding hydrogens is 306 g/mol. The highest BCUT2D eigenvalue weighted by Crippen LogP contribution is 2.33. The normalized spacial score (nSPS) is 27.2. The van der Waals surface area contributed by atoms with Crippen molar-refractivity contribution < 1.29 is 14.3 Å². The second-order valence-corrected chi connectivity index (χ2v) is 6.57. The Kier molecular flexibility index (Phi) is 5.81.